The predicted octanol–water partition coefficient (Wildman–Crippen LogP) is 1.19. The molecule has 3 rings (SSSR count). The Labute approximate surface area is 90.5 Å². The number of nitrogens with zero attached hydrogens (tertiary/aromatic N) is 2. The molecule has 0 radical (unpaired) electrons. The van der Waals surface area contributed by atoms with Crippen LogP contribution < -0.4 is 5.32 Å². The molecule has 2 aliphatic heterocycles. The fourth-order valence-electron chi connectivity index (χ4n) is 2.84. The average molecular weight is 203 g/mol. The molecule has 0 bridgehead atoms. The van der Waals surface area contributed by atoms with E-state index in [0.29, 0.717) is 6.04 Å². The Hall–Kier alpha value is -0.930. The average Bonchev–Trinajstić information content (AvgIpc) is 2.78. The van der Waals surface area contributed by atoms with Crippen LogP contribution >= 0.6 is 0 Å². The molecule has 0 aliphatic carbocycles. The van der Waals surface area contributed by atoms with E-state index in [2.05, 4.69) is 27.3 Å². The Kier molecular flexibility index (Phi) is 2.43. The summed E-state index contributed by atoms with van der Waals surface area (Å²) in [7, 11) is 0. The van der Waals surface area contributed by atoms with Crippen molar-refractivity contribution in [3.8, 4) is 0 Å². The van der Waals surface area contributed by atoms with E-state index in [9.17, 15) is 0 Å². The third-order valence-electron chi connectivity index (χ3n) is 3.57. The number of nitrogens with one attached hydrogen (secondary N) is 1. The summed E-state index contributed by atoms with van der Waals surface area (Å²) in [5, 5.41) is 3.52. The fraction of sp³-hybridized carbons (Fsp3) is 0.583. The van der Waals surface area contributed by atoms with E-state index in [1.165, 1.54) is 25.1 Å². The van der Waals surface area contributed by atoms with E-state index < -0.39 is 0 Å². The first-order valence-corrected chi connectivity index (χ1v) is 5.82. The van der Waals surface area contributed by atoms with E-state index >= 15 is 0 Å². The van der Waals surface area contributed by atoms with Crippen molar-refractivity contribution in [3.63, 3.8) is 0 Å². The van der Waals surface area contributed by atoms with Gasteiger partial charge < -0.3 is 5.32 Å². The van der Waals surface area contributed by atoms with Crippen molar-refractivity contribution < 1.29 is 0 Å². The molecular formula is C12H17N3. The maximum atomic E-state index is 4.48. The van der Waals surface area contributed by atoms with Gasteiger partial charge in [0.2, 0.25) is 0 Å². The van der Waals surface area contributed by atoms with Gasteiger partial charge in [0, 0.05) is 25.3 Å². The molecule has 0 saturated carbocycles. The lowest BCUT2D eigenvalue weighted by Gasteiger charge is -2.37. The van der Waals surface area contributed by atoms with E-state index in [4.69, 9.17) is 0 Å². The third-order valence-corrected chi connectivity index (χ3v) is 3.57. The molecule has 1 N–H and O–H groups in total. The van der Waals surface area contributed by atoms with Crippen molar-refractivity contribution in [1.29, 1.82) is 0 Å². The summed E-state index contributed by atoms with van der Waals surface area (Å²) in [6, 6.07) is 7.45. The summed E-state index contributed by atoms with van der Waals surface area (Å²) < 4.78 is 0. The van der Waals surface area contributed by atoms with Crippen molar-refractivity contribution in [1.82, 2.24) is 15.2 Å². The lowest BCUT2D eigenvalue weighted by Crippen LogP contribution is -2.49. The number of piperazine rings is 1. The number of pyridine rings is 1. The SMILES string of the molecule is c1ccc(C2CNC[C@H]3CCCN23)nc1. The first-order chi connectivity index (χ1) is 7.45. The highest BCUT2D eigenvalue weighted by Crippen LogP contribution is 2.30. The summed E-state index contributed by atoms with van der Waals surface area (Å²) in [4.78, 5) is 7.10. The molecule has 3 nitrogen and oxygen atoms in total. The van der Waals surface area contributed by atoms with Crippen LogP contribution in [0.4, 0.5) is 0 Å². The summed E-state index contributed by atoms with van der Waals surface area (Å²) >= 11 is 0. The normalized spacial score (nSPS) is 31.5. The van der Waals surface area contributed by atoms with E-state index in [0.717, 1.165) is 19.1 Å². The second kappa shape index (κ2) is 3.91. The van der Waals surface area contributed by atoms with Crippen molar-refractivity contribution in [2.75, 3.05) is 19.6 Å². The van der Waals surface area contributed by atoms with Crippen molar-refractivity contribution in [2.24, 2.45) is 0 Å². The minimum absolute atomic E-state index is 0.493. The van der Waals surface area contributed by atoms with Gasteiger partial charge in [0.05, 0.1) is 11.7 Å². The number of aromatic nitrogens is 1. The Balaban J connectivity index is 1.85. The first kappa shape index (κ1) is 9.31. The molecule has 2 aliphatic rings. The van der Waals surface area contributed by atoms with E-state index in [-0.39, 0.29) is 0 Å². The zero-order valence-corrected chi connectivity index (χ0v) is 8.89. The van der Waals surface area contributed by atoms with Crippen LogP contribution in [-0.2, 0) is 0 Å². The summed E-state index contributed by atoms with van der Waals surface area (Å²) in [6.45, 7) is 3.45. The number of hydrogen-bond donors (Lipinski definition) is 1. The largest absolute Gasteiger partial charge is 0.313 e. The molecule has 15 heavy (non-hydrogen) atoms. The lowest BCUT2D eigenvalue weighted by atomic mass is 10.1. The molecule has 0 aromatic carbocycles. The topological polar surface area (TPSA) is 28.2 Å². The molecule has 2 atom stereocenters. The fourth-order valence-corrected chi connectivity index (χ4v) is 2.84. The van der Waals surface area contributed by atoms with Crippen LogP contribution in [0.2, 0.25) is 0 Å². The Morgan fingerprint density at radius 1 is 1.33 bits per heavy atom. The van der Waals surface area contributed by atoms with Gasteiger partial charge in [0.25, 0.3) is 0 Å². The highest BCUT2D eigenvalue weighted by Gasteiger charge is 2.34. The van der Waals surface area contributed by atoms with E-state index in [1.54, 1.807) is 0 Å². The van der Waals surface area contributed by atoms with Gasteiger partial charge in [-0.3, -0.25) is 9.88 Å². The highest BCUT2D eigenvalue weighted by molar-refractivity contribution is 5.12. The molecule has 1 aromatic heterocycles. The van der Waals surface area contributed by atoms with Crippen molar-refractivity contribution >= 4 is 0 Å². The molecule has 3 heteroatoms. The molecule has 2 saturated heterocycles. The van der Waals surface area contributed by atoms with Gasteiger partial charge in [-0.2, -0.15) is 0 Å². The minimum Gasteiger partial charge on any atom is -0.313 e. The van der Waals surface area contributed by atoms with Crippen molar-refractivity contribution in [2.45, 2.75) is 24.9 Å². The number of fused-ring (bicyclic) bond motifs is 1. The van der Waals surface area contributed by atoms with Gasteiger partial charge in [-0.1, -0.05) is 6.07 Å². The molecule has 0 amide bonds. The quantitative estimate of drug-likeness (QED) is 0.743. The van der Waals surface area contributed by atoms with Gasteiger partial charge in [0.1, 0.15) is 0 Å². The standard InChI is InChI=1S/C12H17N3/c1-2-6-14-11(5-1)12-9-13-8-10-4-3-7-15(10)12/h1-2,5-6,10,12-13H,3-4,7-9H2/t10-,12?/m1/s1. The zero-order valence-electron chi connectivity index (χ0n) is 8.89. The smallest absolute Gasteiger partial charge is 0.0649 e. The number of rotatable bonds is 1. The Morgan fingerprint density at radius 2 is 2.33 bits per heavy atom. The van der Waals surface area contributed by atoms with Gasteiger partial charge in [-0.05, 0) is 31.5 Å². The summed E-state index contributed by atoms with van der Waals surface area (Å²) in [5.41, 5.74) is 1.22. The number of hydrogen-bond acceptors (Lipinski definition) is 3. The molecule has 1 unspecified atom stereocenters. The first-order valence-electron chi connectivity index (χ1n) is 5.82. The lowest BCUT2D eigenvalue weighted by molar-refractivity contribution is 0.135. The highest BCUT2D eigenvalue weighted by atomic mass is 15.3. The van der Waals surface area contributed by atoms with Gasteiger partial charge in [-0.25, -0.2) is 0 Å². The van der Waals surface area contributed by atoms with Crippen LogP contribution in [0.5, 0.6) is 0 Å². The maximum absolute atomic E-state index is 4.48. The van der Waals surface area contributed by atoms with Gasteiger partial charge in [-0.15, -0.1) is 0 Å². The Bertz CT molecular complexity index is 325. The Morgan fingerprint density at radius 3 is 3.20 bits per heavy atom. The second-order valence-electron chi connectivity index (χ2n) is 4.46. The van der Waals surface area contributed by atoms with Gasteiger partial charge >= 0.3 is 0 Å². The van der Waals surface area contributed by atoms with E-state index in [1.807, 2.05) is 12.3 Å². The molecule has 3 heterocycles. The zero-order chi connectivity index (χ0) is 10.1. The summed E-state index contributed by atoms with van der Waals surface area (Å²) in [6.07, 6.45) is 4.58. The van der Waals surface area contributed by atoms with Crippen LogP contribution in [-0.4, -0.2) is 35.6 Å². The van der Waals surface area contributed by atoms with Gasteiger partial charge in [0.15, 0.2) is 0 Å². The van der Waals surface area contributed by atoms with Crippen LogP contribution in [0, 0.1) is 0 Å². The molecule has 80 valence electrons. The van der Waals surface area contributed by atoms with Crippen LogP contribution in [0.3, 0.4) is 0 Å². The molecule has 2 fully saturated rings. The maximum Gasteiger partial charge on any atom is 0.0649 e. The van der Waals surface area contributed by atoms with Crippen LogP contribution in [0.25, 0.3) is 0 Å². The second-order valence-corrected chi connectivity index (χ2v) is 4.46. The third kappa shape index (κ3) is 1.66. The minimum atomic E-state index is 0.493. The predicted molar refractivity (Wildman–Crippen MR) is 59.6 cm³/mol. The summed E-state index contributed by atoms with van der Waals surface area (Å²) in [5.74, 6) is 0. The monoisotopic (exact) mass is 203 g/mol. The van der Waals surface area contributed by atoms with Crippen LogP contribution in [0.15, 0.2) is 24.4 Å². The van der Waals surface area contributed by atoms with Crippen LogP contribution in [0.1, 0.15) is 24.6 Å². The van der Waals surface area contributed by atoms with Crippen molar-refractivity contribution in [3.05, 3.63) is 30.1 Å². The molecule has 0 spiro atoms. The molecule has 1 aromatic rings. The molecular weight excluding hydrogens is 186 g/mol.